The largest absolute Gasteiger partial charge is 0.494 e. The summed E-state index contributed by atoms with van der Waals surface area (Å²) in [6.45, 7) is 2.43. The smallest absolute Gasteiger partial charge is 0.264 e. The SMILES string of the molecule is CCOc1ccc(S(=O)(=O)N(C)CCc2noc(COc3ccccc3F)n2)cc1. The fraction of sp³-hybridized carbons (Fsp3) is 0.300. The van der Waals surface area contributed by atoms with Gasteiger partial charge < -0.3 is 14.0 Å². The molecular weight excluding hydrogens is 413 g/mol. The zero-order valence-corrected chi connectivity index (χ0v) is 17.4. The number of rotatable bonds is 10. The highest BCUT2D eigenvalue weighted by atomic mass is 32.2. The lowest BCUT2D eigenvalue weighted by molar-refractivity contribution is 0.234. The quantitative estimate of drug-likeness (QED) is 0.483. The van der Waals surface area contributed by atoms with E-state index in [1.54, 1.807) is 24.3 Å². The Balaban J connectivity index is 1.55. The summed E-state index contributed by atoms with van der Waals surface area (Å²) in [6.07, 6.45) is 0.246. The number of sulfonamides is 1. The lowest BCUT2D eigenvalue weighted by Crippen LogP contribution is -2.29. The lowest BCUT2D eigenvalue weighted by atomic mass is 10.3. The van der Waals surface area contributed by atoms with Gasteiger partial charge in [-0.3, -0.25) is 0 Å². The number of para-hydroxylation sites is 1. The molecule has 160 valence electrons. The van der Waals surface area contributed by atoms with Crippen LogP contribution in [0.1, 0.15) is 18.6 Å². The van der Waals surface area contributed by atoms with Crippen molar-refractivity contribution in [3.05, 3.63) is 66.1 Å². The third kappa shape index (κ3) is 5.33. The Morgan fingerprint density at radius 3 is 2.53 bits per heavy atom. The van der Waals surface area contributed by atoms with Gasteiger partial charge in [0.25, 0.3) is 5.89 Å². The minimum Gasteiger partial charge on any atom is -0.494 e. The molecule has 3 rings (SSSR count). The Hall–Kier alpha value is -2.98. The van der Waals surface area contributed by atoms with Crippen molar-refractivity contribution < 1.29 is 26.8 Å². The van der Waals surface area contributed by atoms with Crippen LogP contribution in [0, 0.1) is 5.82 Å². The molecule has 0 aliphatic rings. The predicted molar refractivity (Wildman–Crippen MR) is 106 cm³/mol. The highest BCUT2D eigenvalue weighted by Gasteiger charge is 2.21. The van der Waals surface area contributed by atoms with Gasteiger partial charge in [0.05, 0.1) is 11.5 Å². The van der Waals surface area contributed by atoms with Gasteiger partial charge in [0, 0.05) is 20.0 Å². The number of aromatic nitrogens is 2. The van der Waals surface area contributed by atoms with E-state index in [0.29, 0.717) is 18.2 Å². The van der Waals surface area contributed by atoms with Crippen LogP contribution in [0.15, 0.2) is 57.9 Å². The van der Waals surface area contributed by atoms with Crippen molar-refractivity contribution in [1.29, 1.82) is 0 Å². The van der Waals surface area contributed by atoms with Crippen molar-refractivity contribution >= 4 is 10.0 Å². The molecule has 0 amide bonds. The minimum atomic E-state index is -3.66. The molecule has 0 bridgehead atoms. The van der Waals surface area contributed by atoms with E-state index in [0.717, 1.165) is 0 Å². The van der Waals surface area contributed by atoms with Crippen molar-refractivity contribution in [2.24, 2.45) is 0 Å². The Morgan fingerprint density at radius 1 is 1.10 bits per heavy atom. The summed E-state index contributed by atoms with van der Waals surface area (Å²) in [5.74, 6) is 0.703. The second-order valence-electron chi connectivity index (χ2n) is 6.30. The first-order valence-electron chi connectivity index (χ1n) is 9.28. The molecule has 0 radical (unpaired) electrons. The van der Waals surface area contributed by atoms with Gasteiger partial charge in [-0.2, -0.15) is 4.98 Å². The van der Waals surface area contributed by atoms with Gasteiger partial charge in [-0.1, -0.05) is 17.3 Å². The van der Waals surface area contributed by atoms with Crippen molar-refractivity contribution in [3.63, 3.8) is 0 Å². The first kappa shape index (κ1) is 21.7. The van der Waals surface area contributed by atoms with E-state index < -0.39 is 15.8 Å². The van der Waals surface area contributed by atoms with Gasteiger partial charge in [-0.15, -0.1) is 0 Å². The highest BCUT2D eigenvalue weighted by Crippen LogP contribution is 2.19. The van der Waals surface area contributed by atoms with Gasteiger partial charge in [0.1, 0.15) is 5.75 Å². The first-order chi connectivity index (χ1) is 14.4. The number of halogens is 1. The zero-order chi connectivity index (χ0) is 21.6. The summed E-state index contributed by atoms with van der Waals surface area (Å²) in [7, 11) is -2.18. The molecule has 0 N–H and O–H groups in total. The van der Waals surface area contributed by atoms with Crippen molar-refractivity contribution in [1.82, 2.24) is 14.4 Å². The Bertz CT molecular complexity index is 1070. The number of hydrogen-bond acceptors (Lipinski definition) is 7. The third-order valence-electron chi connectivity index (χ3n) is 4.19. The summed E-state index contributed by atoms with van der Waals surface area (Å²) in [4.78, 5) is 4.32. The molecule has 8 nitrogen and oxygen atoms in total. The lowest BCUT2D eigenvalue weighted by Gasteiger charge is -2.16. The number of ether oxygens (including phenoxy) is 2. The Labute approximate surface area is 174 Å². The van der Waals surface area contributed by atoms with Gasteiger partial charge in [-0.05, 0) is 43.3 Å². The summed E-state index contributed by atoms with van der Waals surface area (Å²) in [5, 5.41) is 3.81. The number of benzene rings is 2. The first-order valence-corrected chi connectivity index (χ1v) is 10.7. The van der Waals surface area contributed by atoms with Crippen LogP contribution in [0.25, 0.3) is 0 Å². The molecule has 3 aromatic rings. The van der Waals surface area contributed by atoms with Gasteiger partial charge >= 0.3 is 0 Å². The molecule has 0 atom stereocenters. The molecule has 0 saturated carbocycles. The molecule has 0 unspecified atom stereocenters. The maximum Gasteiger partial charge on any atom is 0.264 e. The van der Waals surface area contributed by atoms with Crippen LogP contribution >= 0.6 is 0 Å². The van der Waals surface area contributed by atoms with Crippen LogP contribution in [-0.4, -0.2) is 43.1 Å². The fourth-order valence-corrected chi connectivity index (χ4v) is 3.76. The maximum absolute atomic E-state index is 13.6. The number of hydrogen-bond donors (Lipinski definition) is 0. The average Bonchev–Trinajstić information content (AvgIpc) is 3.20. The number of likely N-dealkylation sites (N-methyl/N-ethyl adjacent to an activating group) is 1. The summed E-state index contributed by atoms with van der Waals surface area (Å²) >= 11 is 0. The second kappa shape index (κ2) is 9.68. The van der Waals surface area contributed by atoms with E-state index in [2.05, 4.69) is 10.1 Å². The molecular formula is C20H22FN3O5S. The summed E-state index contributed by atoms with van der Waals surface area (Å²) in [6, 6.07) is 12.2. The van der Waals surface area contributed by atoms with Crippen LogP contribution in [0.2, 0.25) is 0 Å². The molecule has 0 fully saturated rings. The molecule has 1 aromatic heterocycles. The van der Waals surface area contributed by atoms with Gasteiger partial charge in [-0.25, -0.2) is 17.1 Å². The maximum atomic E-state index is 13.6. The molecule has 2 aromatic carbocycles. The molecule has 0 aliphatic heterocycles. The van der Waals surface area contributed by atoms with Crippen LogP contribution < -0.4 is 9.47 Å². The Kier molecular flexibility index (Phi) is 7.01. The van der Waals surface area contributed by atoms with E-state index in [4.69, 9.17) is 14.0 Å². The molecule has 0 aliphatic carbocycles. The molecule has 30 heavy (non-hydrogen) atoms. The fourth-order valence-electron chi connectivity index (χ4n) is 2.58. The van der Waals surface area contributed by atoms with Crippen molar-refractivity contribution in [3.8, 4) is 11.5 Å². The molecule has 0 spiro atoms. The predicted octanol–water partition coefficient (Wildman–Crippen LogP) is 3.05. The summed E-state index contributed by atoms with van der Waals surface area (Å²) in [5.41, 5.74) is 0. The van der Waals surface area contributed by atoms with E-state index in [1.165, 1.54) is 35.6 Å². The minimum absolute atomic E-state index is 0.0819. The monoisotopic (exact) mass is 435 g/mol. The zero-order valence-electron chi connectivity index (χ0n) is 16.6. The van der Waals surface area contributed by atoms with E-state index in [-0.39, 0.29) is 36.1 Å². The topological polar surface area (TPSA) is 94.8 Å². The van der Waals surface area contributed by atoms with Crippen LogP contribution in [0.4, 0.5) is 4.39 Å². The Morgan fingerprint density at radius 2 is 1.83 bits per heavy atom. The third-order valence-corrected chi connectivity index (χ3v) is 6.06. The van der Waals surface area contributed by atoms with Crippen LogP contribution in [0.3, 0.4) is 0 Å². The van der Waals surface area contributed by atoms with Crippen LogP contribution in [-0.2, 0) is 23.1 Å². The number of nitrogens with zero attached hydrogens (tertiary/aromatic N) is 3. The molecule has 10 heteroatoms. The van der Waals surface area contributed by atoms with Crippen molar-refractivity contribution in [2.75, 3.05) is 20.2 Å². The van der Waals surface area contributed by atoms with Gasteiger partial charge in [0.15, 0.2) is 24.0 Å². The van der Waals surface area contributed by atoms with Gasteiger partial charge in [0.2, 0.25) is 10.0 Å². The van der Waals surface area contributed by atoms with Crippen LogP contribution in [0.5, 0.6) is 11.5 Å². The van der Waals surface area contributed by atoms with Crippen molar-refractivity contribution in [2.45, 2.75) is 24.8 Å². The molecule has 0 saturated heterocycles. The summed E-state index contributed by atoms with van der Waals surface area (Å²) < 4.78 is 55.9. The molecule has 1 heterocycles. The normalized spacial score (nSPS) is 11.6. The second-order valence-corrected chi connectivity index (χ2v) is 8.35. The van der Waals surface area contributed by atoms with E-state index in [9.17, 15) is 12.8 Å². The van der Waals surface area contributed by atoms with E-state index in [1.807, 2.05) is 6.92 Å². The average molecular weight is 435 g/mol. The highest BCUT2D eigenvalue weighted by molar-refractivity contribution is 7.89. The van der Waals surface area contributed by atoms with E-state index >= 15 is 0 Å². The standard InChI is InChI=1S/C20H22FN3O5S/c1-3-27-15-8-10-16(11-9-15)30(25,26)24(2)13-12-19-22-20(29-23-19)14-28-18-7-5-4-6-17(18)21/h4-11H,3,12-14H2,1-2H3.